The first-order chi connectivity index (χ1) is 12.6. The molecule has 132 valence electrons. The summed E-state index contributed by atoms with van der Waals surface area (Å²) in [5, 5.41) is 12.1. The van der Waals surface area contributed by atoms with Crippen molar-refractivity contribution < 1.29 is 9.90 Å². The number of hydrogen-bond acceptors (Lipinski definition) is 5. The van der Waals surface area contributed by atoms with Crippen molar-refractivity contribution in [1.29, 1.82) is 0 Å². The van der Waals surface area contributed by atoms with Gasteiger partial charge in [0.15, 0.2) is 0 Å². The third kappa shape index (κ3) is 3.86. The quantitative estimate of drug-likeness (QED) is 0.635. The molecule has 1 saturated carbocycles. The number of hydrogen-bond donors (Lipinski definition) is 2. The zero-order chi connectivity index (χ0) is 18.1. The SMILES string of the molecule is O=C(O)Cc1ccc(Nc2ccnc(C3CC3c3ccc(Cl)s3)n2)cc1. The fourth-order valence-corrected chi connectivity index (χ4v) is 4.21. The van der Waals surface area contributed by atoms with Crippen molar-refractivity contribution in [1.82, 2.24) is 9.97 Å². The highest BCUT2D eigenvalue weighted by molar-refractivity contribution is 7.16. The van der Waals surface area contributed by atoms with Crippen molar-refractivity contribution >= 4 is 40.4 Å². The number of nitrogens with zero attached hydrogens (tertiary/aromatic N) is 2. The van der Waals surface area contributed by atoms with Crippen LogP contribution in [0.15, 0.2) is 48.7 Å². The number of halogens is 1. The second-order valence-corrected chi connectivity index (χ2v) is 8.03. The Morgan fingerprint density at radius 3 is 2.69 bits per heavy atom. The number of carbonyl (C=O) groups is 1. The molecule has 1 aliphatic rings. The predicted molar refractivity (Wildman–Crippen MR) is 103 cm³/mol. The molecule has 1 aromatic carbocycles. The molecule has 0 aliphatic heterocycles. The average Bonchev–Trinajstić information content (AvgIpc) is 3.31. The number of carboxylic acid groups (broad SMARTS) is 1. The molecular weight excluding hydrogens is 370 g/mol. The molecule has 2 heterocycles. The van der Waals surface area contributed by atoms with Crippen LogP contribution in [0.2, 0.25) is 4.34 Å². The first kappa shape index (κ1) is 17.0. The van der Waals surface area contributed by atoms with E-state index in [1.165, 1.54) is 4.88 Å². The van der Waals surface area contributed by atoms with Gasteiger partial charge in [0.25, 0.3) is 0 Å². The van der Waals surface area contributed by atoms with Gasteiger partial charge >= 0.3 is 5.97 Å². The summed E-state index contributed by atoms with van der Waals surface area (Å²) in [6.07, 6.45) is 2.83. The molecule has 7 heteroatoms. The molecule has 5 nitrogen and oxygen atoms in total. The second kappa shape index (κ2) is 7.05. The first-order valence-corrected chi connectivity index (χ1v) is 9.44. The van der Waals surface area contributed by atoms with Gasteiger partial charge in [-0.3, -0.25) is 4.79 Å². The van der Waals surface area contributed by atoms with Crippen molar-refractivity contribution in [2.45, 2.75) is 24.7 Å². The van der Waals surface area contributed by atoms with Gasteiger partial charge in [0.2, 0.25) is 0 Å². The van der Waals surface area contributed by atoms with Gasteiger partial charge in [-0.2, -0.15) is 0 Å². The number of nitrogens with one attached hydrogen (secondary N) is 1. The van der Waals surface area contributed by atoms with E-state index in [1.807, 2.05) is 24.3 Å². The van der Waals surface area contributed by atoms with Crippen LogP contribution < -0.4 is 5.32 Å². The van der Waals surface area contributed by atoms with Crippen LogP contribution in [0.5, 0.6) is 0 Å². The largest absolute Gasteiger partial charge is 0.481 e. The molecule has 0 saturated heterocycles. The lowest BCUT2D eigenvalue weighted by Crippen LogP contribution is -2.01. The van der Waals surface area contributed by atoms with E-state index < -0.39 is 5.97 Å². The van der Waals surface area contributed by atoms with Gasteiger partial charge in [0.05, 0.1) is 10.8 Å². The van der Waals surface area contributed by atoms with Crippen molar-refractivity contribution in [3.05, 3.63) is 69.3 Å². The van der Waals surface area contributed by atoms with Crippen LogP contribution >= 0.6 is 22.9 Å². The Balaban J connectivity index is 1.44. The van der Waals surface area contributed by atoms with Crippen molar-refractivity contribution in [3.63, 3.8) is 0 Å². The summed E-state index contributed by atoms with van der Waals surface area (Å²) < 4.78 is 0.813. The molecule has 0 amide bonds. The Morgan fingerprint density at radius 2 is 2.00 bits per heavy atom. The maximum absolute atomic E-state index is 10.7. The second-order valence-electron chi connectivity index (χ2n) is 6.28. The molecule has 2 atom stereocenters. The van der Waals surface area contributed by atoms with Gasteiger partial charge in [0.1, 0.15) is 11.6 Å². The molecule has 0 bridgehead atoms. The normalized spacial score (nSPS) is 18.5. The van der Waals surface area contributed by atoms with Crippen LogP contribution in [-0.2, 0) is 11.2 Å². The third-order valence-electron chi connectivity index (χ3n) is 4.34. The zero-order valence-electron chi connectivity index (χ0n) is 13.7. The minimum atomic E-state index is -0.836. The zero-order valence-corrected chi connectivity index (χ0v) is 15.3. The first-order valence-electron chi connectivity index (χ1n) is 8.24. The summed E-state index contributed by atoms with van der Waals surface area (Å²) in [6, 6.07) is 13.2. The summed E-state index contributed by atoms with van der Waals surface area (Å²) in [7, 11) is 0. The number of anilines is 2. The molecule has 2 N–H and O–H groups in total. The van der Waals surface area contributed by atoms with Crippen molar-refractivity contribution in [3.8, 4) is 0 Å². The van der Waals surface area contributed by atoms with Crippen LogP contribution in [0.3, 0.4) is 0 Å². The standard InChI is InChI=1S/C19H16ClN3O2S/c20-16-6-5-15(26-16)13-10-14(13)19-21-8-7-17(23-19)22-12-3-1-11(2-4-12)9-18(24)25/h1-8,13-14H,9-10H2,(H,24,25)(H,21,22,23). The number of thiophene rings is 1. The number of rotatable bonds is 6. The lowest BCUT2D eigenvalue weighted by molar-refractivity contribution is -0.136. The predicted octanol–water partition coefficient (Wildman–Crippen LogP) is 4.83. The minimum Gasteiger partial charge on any atom is -0.481 e. The van der Waals surface area contributed by atoms with Gasteiger partial charge in [-0.15, -0.1) is 11.3 Å². The van der Waals surface area contributed by atoms with Gasteiger partial charge in [-0.05, 0) is 42.3 Å². The molecule has 3 aromatic rings. The molecule has 1 aliphatic carbocycles. The Bertz CT molecular complexity index is 942. The number of aromatic nitrogens is 2. The number of aliphatic carboxylic acids is 1. The van der Waals surface area contributed by atoms with Crippen molar-refractivity contribution in [2.24, 2.45) is 0 Å². The van der Waals surface area contributed by atoms with E-state index in [2.05, 4.69) is 21.4 Å². The summed E-state index contributed by atoms with van der Waals surface area (Å²) in [5.74, 6) is 1.53. The van der Waals surface area contributed by atoms with Gasteiger partial charge in [-0.1, -0.05) is 23.7 Å². The Morgan fingerprint density at radius 1 is 1.19 bits per heavy atom. The van der Waals surface area contributed by atoms with Gasteiger partial charge in [-0.25, -0.2) is 9.97 Å². The summed E-state index contributed by atoms with van der Waals surface area (Å²) >= 11 is 7.65. The van der Waals surface area contributed by atoms with E-state index in [-0.39, 0.29) is 6.42 Å². The Kier molecular flexibility index (Phi) is 4.61. The summed E-state index contributed by atoms with van der Waals surface area (Å²) in [4.78, 5) is 21.1. The Labute approximate surface area is 159 Å². The molecule has 0 spiro atoms. The fraction of sp³-hybridized carbons (Fsp3) is 0.211. The highest BCUT2D eigenvalue weighted by atomic mass is 35.5. The maximum atomic E-state index is 10.7. The average molecular weight is 386 g/mol. The third-order valence-corrected chi connectivity index (χ3v) is 5.70. The lowest BCUT2D eigenvalue weighted by Gasteiger charge is -2.07. The lowest BCUT2D eigenvalue weighted by atomic mass is 10.1. The molecule has 1 fully saturated rings. The number of benzene rings is 1. The van der Waals surface area contributed by atoms with Crippen LogP contribution in [0.25, 0.3) is 0 Å². The minimum absolute atomic E-state index is 0.0216. The van der Waals surface area contributed by atoms with E-state index in [1.54, 1.807) is 29.7 Å². The van der Waals surface area contributed by atoms with E-state index >= 15 is 0 Å². The van der Waals surface area contributed by atoms with Gasteiger partial charge in [0, 0.05) is 28.6 Å². The maximum Gasteiger partial charge on any atom is 0.307 e. The van der Waals surface area contributed by atoms with E-state index in [0.717, 1.165) is 33.7 Å². The van der Waals surface area contributed by atoms with Crippen LogP contribution in [0.1, 0.15) is 34.5 Å². The molecule has 26 heavy (non-hydrogen) atoms. The highest BCUT2D eigenvalue weighted by Gasteiger charge is 2.42. The van der Waals surface area contributed by atoms with Crippen molar-refractivity contribution in [2.75, 3.05) is 5.32 Å². The van der Waals surface area contributed by atoms with E-state index in [4.69, 9.17) is 16.7 Å². The fourth-order valence-electron chi connectivity index (χ4n) is 2.97. The van der Waals surface area contributed by atoms with Gasteiger partial charge < -0.3 is 10.4 Å². The smallest absolute Gasteiger partial charge is 0.307 e. The van der Waals surface area contributed by atoms with E-state index in [9.17, 15) is 4.79 Å². The van der Waals surface area contributed by atoms with Crippen LogP contribution in [0, 0.1) is 0 Å². The molecule has 4 rings (SSSR count). The Hall–Kier alpha value is -2.44. The monoisotopic (exact) mass is 385 g/mol. The topological polar surface area (TPSA) is 75.1 Å². The summed E-state index contributed by atoms with van der Waals surface area (Å²) in [5.41, 5.74) is 1.63. The molecule has 2 aromatic heterocycles. The van der Waals surface area contributed by atoms with Crippen LogP contribution in [0.4, 0.5) is 11.5 Å². The molecule has 0 radical (unpaired) electrons. The number of carboxylic acids is 1. The van der Waals surface area contributed by atoms with Crippen LogP contribution in [-0.4, -0.2) is 21.0 Å². The van der Waals surface area contributed by atoms with E-state index in [0.29, 0.717) is 11.8 Å². The molecule has 2 unspecified atom stereocenters. The molecular formula is C19H16ClN3O2S. The highest BCUT2D eigenvalue weighted by Crippen LogP contribution is 2.55. The summed E-state index contributed by atoms with van der Waals surface area (Å²) in [6.45, 7) is 0.